The van der Waals surface area contributed by atoms with Gasteiger partial charge in [-0.15, -0.1) is 0 Å². The van der Waals surface area contributed by atoms with E-state index in [0.717, 1.165) is 31.2 Å². The molecule has 4 atom stereocenters. The molecule has 0 unspecified atom stereocenters. The molecule has 8 nitrogen and oxygen atoms in total. The van der Waals surface area contributed by atoms with E-state index >= 15 is 0 Å². The first-order valence-corrected chi connectivity index (χ1v) is 9.40. The SMILES string of the molecule is C[C@@H]1CC[C@H]2CC[C@@H](CN=[N+]=[N-])[C@@H](NC(=O)OCc3ccccc3)C(=O)N21. The number of hydrogen-bond donors (Lipinski definition) is 1. The number of ether oxygens (including phenoxy) is 1. The van der Waals surface area contributed by atoms with Gasteiger partial charge in [-0.3, -0.25) is 4.79 Å². The number of carbonyl (C=O) groups is 2. The van der Waals surface area contributed by atoms with Crippen LogP contribution in [0.15, 0.2) is 35.4 Å². The summed E-state index contributed by atoms with van der Waals surface area (Å²) in [5, 5.41) is 6.39. The summed E-state index contributed by atoms with van der Waals surface area (Å²) in [6.45, 7) is 2.36. The van der Waals surface area contributed by atoms with Gasteiger partial charge in [-0.25, -0.2) is 4.79 Å². The number of alkyl carbamates (subject to hydrolysis) is 1. The number of hydrogen-bond acceptors (Lipinski definition) is 4. The number of azide groups is 1. The molecule has 3 rings (SSSR count). The van der Waals surface area contributed by atoms with Crippen LogP contribution in [0.1, 0.15) is 38.2 Å². The van der Waals surface area contributed by atoms with Gasteiger partial charge in [-0.05, 0) is 49.6 Å². The van der Waals surface area contributed by atoms with Gasteiger partial charge in [-0.2, -0.15) is 0 Å². The van der Waals surface area contributed by atoms with Crippen LogP contribution in [0.3, 0.4) is 0 Å². The van der Waals surface area contributed by atoms with Crippen LogP contribution in [-0.4, -0.2) is 41.6 Å². The number of rotatable bonds is 5. The zero-order valence-electron chi connectivity index (χ0n) is 15.5. The van der Waals surface area contributed by atoms with Crippen LogP contribution in [-0.2, 0) is 16.1 Å². The van der Waals surface area contributed by atoms with Gasteiger partial charge in [0.05, 0.1) is 0 Å². The van der Waals surface area contributed by atoms with E-state index in [9.17, 15) is 9.59 Å². The van der Waals surface area contributed by atoms with E-state index in [1.807, 2.05) is 42.2 Å². The summed E-state index contributed by atoms with van der Waals surface area (Å²) in [5.74, 6) is -0.326. The zero-order chi connectivity index (χ0) is 19.2. The summed E-state index contributed by atoms with van der Waals surface area (Å²) in [5.41, 5.74) is 9.54. The maximum Gasteiger partial charge on any atom is 0.408 e. The van der Waals surface area contributed by atoms with Gasteiger partial charge < -0.3 is 15.0 Å². The highest BCUT2D eigenvalue weighted by molar-refractivity contribution is 5.87. The second kappa shape index (κ2) is 8.77. The molecule has 0 radical (unpaired) electrons. The van der Waals surface area contributed by atoms with Crippen LogP contribution in [0.25, 0.3) is 10.4 Å². The van der Waals surface area contributed by atoms with Gasteiger partial charge >= 0.3 is 6.09 Å². The minimum atomic E-state index is -0.732. The van der Waals surface area contributed by atoms with Crippen LogP contribution in [0.4, 0.5) is 4.79 Å². The van der Waals surface area contributed by atoms with Gasteiger partial charge in [0.15, 0.2) is 0 Å². The molecule has 27 heavy (non-hydrogen) atoms. The number of carbonyl (C=O) groups excluding carboxylic acids is 2. The van der Waals surface area contributed by atoms with Crippen LogP contribution in [0.5, 0.6) is 0 Å². The normalized spacial score (nSPS) is 27.3. The predicted octanol–water partition coefficient (Wildman–Crippen LogP) is 3.38. The first kappa shape index (κ1) is 19.0. The minimum Gasteiger partial charge on any atom is -0.445 e. The lowest BCUT2D eigenvalue weighted by atomic mass is 9.93. The average Bonchev–Trinajstić information content (AvgIpc) is 2.99. The molecular formula is C19H25N5O3. The van der Waals surface area contributed by atoms with Crippen molar-refractivity contribution in [3.05, 3.63) is 46.3 Å². The third kappa shape index (κ3) is 4.52. The third-order valence-corrected chi connectivity index (χ3v) is 5.51. The van der Waals surface area contributed by atoms with Crippen molar-refractivity contribution >= 4 is 12.0 Å². The van der Waals surface area contributed by atoms with E-state index in [1.165, 1.54) is 0 Å². The van der Waals surface area contributed by atoms with Crippen molar-refractivity contribution in [2.45, 2.75) is 57.3 Å². The monoisotopic (exact) mass is 371 g/mol. The summed E-state index contributed by atoms with van der Waals surface area (Å²) in [6, 6.07) is 8.99. The van der Waals surface area contributed by atoms with Crippen LogP contribution < -0.4 is 5.32 Å². The molecule has 1 N–H and O–H groups in total. The molecular weight excluding hydrogens is 346 g/mol. The Morgan fingerprint density at radius 3 is 2.78 bits per heavy atom. The lowest BCUT2D eigenvalue weighted by Gasteiger charge is -2.30. The topological polar surface area (TPSA) is 107 Å². The maximum atomic E-state index is 13.1. The van der Waals surface area contributed by atoms with E-state index < -0.39 is 12.1 Å². The highest BCUT2D eigenvalue weighted by Crippen LogP contribution is 2.33. The molecule has 2 heterocycles. The molecule has 144 valence electrons. The maximum absolute atomic E-state index is 13.1. The molecule has 0 aromatic heterocycles. The fourth-order valence-corrected chi connectivity index (χ4v) is 4.10. The Balaban J connectivity index is 1.70. The predicted molar refractivity (Wildman–Crippen MR) is 99.6 cm³/mol. The Hall–Kier alpha value is -2.73. The van der Waals surface area contributed by atoms with Crippen molar-refractivity contribution in [2.75, 3.05) is 6.54 Å². The molecule has 2 saturated heterocycles. The lowest BCUT2D eigenvalue weighted by Crippen LogP contribution is -2.53. The molecule has 2 fully saturated rings. The summed E-state index contributed by atoms with van der Waals surface area (Å²) in [4.78, 5) is 30.2. The number of nitrogens with one attached hydrogen (secondary N) is 1. The van der Waals surface area contributed by atoms with Crippen molar-refractivity contribution in [1.82, 2.24) is 10.2 Å². The smallest absolute Gasteiger partial charge is 0.408 e. The fraction of sp³-hybridized carbons (Fsp3) is 0.579. The Morgan fingerprint density at radius 1 is 1.30 bits per heavy atom. The molecule has 0 saturated carbocycles. The number of nitrogens with zero attached hydrogens (tertiary/aromatic N) is 4. The largest absolute Gasteiger partial charge is 0.445 e. The molecule has 0 bridgehead atoms. The molecule has 0 aliphatic carbocycles. The van der Waals surface area contributed by atoms with E-state index in [2.05, 4.69) is 15.3 Å². The Morgan fingerprint density at radius 2 is 2.04 bits per heavy atom. The molecule has 1 aromatic carbocycles. The highest BCUT2D eigenvalue weighted by atomic mass is 16.5. The van der Waals surface area contributed by atoms with Crippen molar-refractivity contribution in [3.63, 3.8) is 0 Å². The van der Waals surface area contributed by atoms with Crippen molar-refractivity contribution in [1.29, 1.82) is 0 Å². The van der Waals surface area contributed by atoms with Crippen LogP contribution in [0.2, 0.25) is 0 Å². The summed E-state index contributed by atoms with van der Waals surface area (Å²) >= 11 is 0. The number of benzene rings is 1. The molecule has 2 amide bonds. The Labute approximate surface area is 158 Å². The molecule has 8 heteroatoms. The molecule has 2 aliphatic heterocycles. The Bertz CT molecular complexity index is 719. The van der Waals surface area contributed by atoms with E-state index in [0.29, 0.717) is 0 Å². The highest BCUT2D eigenvalue weighted by Gasteiger charge is 2.43. The second-order valence-corrected chi connectivity index (χ2v) is 7.26. The standard InChI is InChI=1S/C19H25N5O3/c1-13-7-9-16-10-8-15(11-21-23-20)17(18(25)24(13)16)22-19(26)27-12-14-5-3-2-4-6-14/h2-6,13,15-17H,7-12H2,1H3,(H,22,26)/t13-,15+,16+,17-/m1/s1. The number of fused-ring (bicyclic) bond motifs is 1. The summed E-state index contributed by atoms with van der Waals surface area (Å²) < 4.78 is 5.29. The third-order valence-electron chi connectivity index (χ3n) is 5.51. The van der Waals surface area contributed by atoms with Crippen LogP contribution >= 0.6 is 0 Å². The van der Waals surface area contributed by atoms with Gasteiger partial charge in [0.2, 0.25) is 5.91 Å². The van der Waals surface area contributed by atoms with Gasteiger partial charge in [0, 0.05) is 23.5 Å². The van der Waals surface area contributed by atoms with E-state index in [1.54, 1.807) is 0 Å². The van der Waals surface area contributed by atoms with Crippen molar-refractivity contribution < 1.29 is 14.3 Å². The number of amides is 2. The molecule has 0 spiro atoms. The first-order chi connectivity index (χ1) is 13.1. The zero-order valence-corrected chi connectivity index (χ0v) is 15.5. The van der Waals surface area contributed by atoms with Gasteiger partial charge in [0.1, 0.15) is 12.6 Å². The van der Waals surface area contributed by atoms with Crippen LogP contribution in [0, 0.1) is 5.92 Å². The van der Waals surface area contributed by atoms with E-state index in [-0.39, 0.29) is 37.1 Å². The quantitative estimate of drug-likeness (QED) is 0.487. The lowest BCUT2D eigenvalue weighted by molar-refractivity contribution is -0.136. The average molecular weight is 371 g/mol. The van der Waals surface area contributed by atoms with Gasteiger partial charge in [0.25, 0.3) is 0 Å². The summed E-state index contributed by atoms with van der Waals surface area (Å²) in [7, 11) is 0. The minimum absolute atomic E-state index is 0.0997. The van der Waals surface area contributed by atoms with E-state index in [4.69, 9.17) is 10.3 Å². The second-order valence-electron chi connectivity index (χ2n) is 7.26. The molecule has 1 aromatic rings. The summed E-state index contributed by atoms with van der Waals surface area (Å²) in [6.07, 6.45) is 2.91. The first-order valence-electron chi connectivity index (χ1n) is 9.40. The van der Waals surface area contributed by atoms with Crippen molar-refractivity contribution in [3.8, 4) is 0 Å². The molecule has 2 aliphatic rings. The fourth-order valence-electron chi connectivity index (χ4n) is 4.10. The van der Waals surface area contributed by atoms with Gasteiger partial charge in [-0.1, -0.05) is 35.4 Å². The van der Waals surface area contributed by atoms with Crippen molar-refractivity contribution in [2.24, 2.45) is 11.0 Å². The Kier molecular flexibility index (Phi) is 6.19.